The van der Waals surface area contributed by atoms with Crippen molar-refractivity contribution < 1.29 is 18.7 Å². The van der Waals surface area contributed by atoms with Crippen LogP contribution in [0.1, 0.15) is 5.82 Å². The molecule has 2 aromatic carbocycles. The third-order valence-corrected chi connectivity index (χ3v) is 4.91. The number of hydrogen-bond acceptors (Lipinski definition) is 6. The van der Waals surface area contributed by atoms with Crippen LogP contribution in [0.25, 0.3) is 0 Å². The molecule has 0 radical (unpaired) electrons. The van der Waals surface area contributed by atoms with Gasteiger partial charge in [0.2, 0.25) is 5.16 Å². The topological polar surface area (TPSA) is 69.5 Å². The SMILES string of the molecule is O=C(COc1ccccc1)N1CCSc2nnc(COc3cccc(F)c3)n21. The molecule has 1 aliphatic heterocycles. The van der Waals surface area contributed by atoms with Gasteiger partial charge in [0.1, 0.15) is 23.9 Å². The Morgan fingerprint density at radius 2 is 1.89 bits per heavy atom. The Morgan fingerprint density at radius 3 is 2.71 bits per heavy atom. The lowest BCUT2D eigenvalue weighted by atomic mass is 10.3. The van der Waals surface area contributed by atoms with E-state index in [1.807, 2.05) is 18.2 Å². The number of para-hydroxylation sites is 1. The minimum Gasteiger partial charge on any atom is -0.485 e. The summed E-state index contributed by atoms with van der Waals surface area (Å²) in [6.07, 6.45) is 0. The van der Waals surface area contributed by atoms with Crippen molar-refractivity contribution >= 4 is 17.7 Å². The van der Waals surface area contributed by atoms with E-state index in [1.54, 1.807) is 34.0 Å². The van der Waals surface area contributed by atoms with Crippen LogP contribution in [0, 0.1) is 5.82 Å². The van der Waals surface area contributed by atoms with Crippen LogP contribution in [0.5, 0.6) is 11.5 Å². The van der Waals surface area contributed by atoms with Crippen LogP contribution in [0.15, 0.2) is 59.8 Å². The molecule has 1 aliphatic rings. The minimum absolute atomic E-state index is 0.0559. The number of carbonyl (C=O) groups excluding carboxylic acids is 1. The number of benzene rings is 2. The fourth-order valence-corrected chi connectivity index (χ4v) is 3.59. The van der Waals surface area contributed by atoms with Gasteiger partial charge >= 0.3 is 0 Å². The van der Waals surface area contributed by atoms with Crippen molar-refractivity contribution in [1.29, 1.82) is 0 Å². The van der Waals surface area contributed by atoms with Crippen LogP contribution in [0.4, 0.5) is 4.39 Å². The first-order valence-electron chi connectivity index (χ1n) is 8.64. The quantitative estimate of drug-likeness (QED) is 0.634. The number of halogens is 1. The van der Waals surface area contributed by atoms with E-state index < -0.39 is 0 Å². The standard InChI is InChI=1S/C19H17FN4O3S/c20-14-5-4-8-16(11-14)26-12-17-21-22-19-24(17)23(9-10-28-19)18(25)13-27-15-6-2-1-3-7-15/h1-8,11H,9-10,12-13H2. The van der Waals surface area contributed by atoms with Gasteiger partial charge in [-0.05, 0) is 24.3 Å². The fraction of sp³-hybridized carbons (Fsp3) is 0.211. The van der Waals surface area contributed by atoms with Gasteiger partial charge in [-0.25, -0.2) is 14.1 Å². The van der Waals surface area contributed by atoms with Crippen LogP contribution >= 0.6 is 11.8 Å². The van der Waals surface area contributed by atoms with Crippen molar-refractivity contribution in [3.05, 3.63) is 66.2 Å². The van der Waals surface area contributed by atoms with Gasteiger partial charge in [-0.1, -0.05) is 36.0 Å². The lowest BCUT2D eigenvalue weighted by Gasteiger charge is -2.29. The summed E-state index contributed by atoms with van der Waals surface area (Å²) in [6.45, 7) is 0.455. The van der Waals surface area contributed by atoms with Crippen molar-refractivity contribution in [3.63, 3.8) is 0 Å². The van der Waals surface area contributed by atoms with Crippen molar-refractivity contribution in [2.45, 2.75) is 11.8 Å². The molecular weight excluding hydrogens is 383 g/mol. The van der Waals surface area contributed by atoms with Crippen LogP contribution < -0.4 is 14.5 Å². The highest BCUT2D eigenvalue weighted by molar-refractivity contribution is 7.99. The molecule has 4 rings (SSSR count). The minimum atomic E-state index is -0.383. The number of amides is 1. The van der Waals surface area contributed by atoms with E-state index >= 15 is 0 Å². The normalized spacial score (nSPS) is 13.1. The summed E-state index contributed by atoms with van der Waals surface area (Å²) in [5.41, 5.74) is 0. The Morgan fingerprint density at radius 1 is 1.07 bits per heavy atom. The molecule has 0 N–H and O–H groups in total. The highest BCUT2D eigenvalue weighted by Gasteiger charge is 2.27. The van der Waals surface area contributed by atoms with E-state index in [2.05, 4.69) is 10.2 Å². The monoisotopic (exact) mass is 400 g/mol. The van der Waals surface area contributed by atoms with Crippen LogP contribution in [-0.4, -0.2) is 39.7 Å². The molecule has 0 aliphatic carbocycles. The second-order valence-electron chi connectivity index (χ2n) is 5.92. The lowest BCUT2D eigenvalue weighted by Crippen LogP contribution is -2.47. The van der Waals surface area contributed by atoms with E-state index in [1.165, 1.54) is 23.9 Å². The number of ether oxygens (including phenoxy) is 2. The molecule has 0 unspecified atom stereocenters. The molecule has 0 bridgehead atoms. The second-order valence-corrected chi connectivity index (χ2v) is 6.99. The smallest absolute Gasteiger partial charge is 0.279 e. The first kappa shape index (κ1) is 18.3. The summed E-state index contributed by atoms with van der Waals surface area (Å²) < 4.78 is 26.1. The van der Waals surface area contributed by atoms with Crippen LogP contribution in [-0.2, 0) is 11.4 Å². The number of rotatable bonds is 6. The summed E-state index contributed by atoms with van der Waals surface area (Å²) in [6, 6.07) is 15.0. The van der Waals surface area contributed by atoms with Crippen LogP contribution in [0.2, 0.25) is 0 Å². The summed E-state index contributed by atoms with van der Waals surface area (Å²) in [7, 11) is 0. The van der Waals surface area contributed by atoms with Crippen molar-refractivity contribution in [1.82, 2.24) is 14.9 Å². The molecule has 0 fully saturated rings. The molecule has 0 atom stereocenters. The van der Waals surface area contributed by atoms with Gasteiger partial charge in [0.25, 0.3) is 5.91 Å². The Bertz CT molecular complexity index is 967. The van der Waals surface area contributed by atoms with Crippen molar-refractivity contribution in [2.75, 3.05) is 23.9 Å². The Kier molecular flexibility index (Phi) is 5.43. The highest BCUT2D eigenvalue weighted by atomic mass is 32.2. The Balaban J connectivity index is 1.47. The van der Waals surface area contributed by atoms with Gasteiger partial charge < -0.3 is 9.47 Å². The summed E-state index contributed by atoms with van der Waals surface area (Å²) >= 11 is 1.51. The second kappa shape index (κ2) is 8.30. The van der Waals surface area contributed by atoms with E-state index in [-0.39, 0.29) is 24.9 Å². The zero-order chi connectivity index (χ0) is 19.3. The number of carbonyl (C=O) groups is 1. The molecule has 0 saturated heterocycles. The molecule has 28 heavy (non-hydrogen) atoms. The fourth-order valence-electron chi connectivity index (χ4n) is 2.72. The van der Waals surface area contributed by atoms with Gasteiger partial charge in [-0.15, -0.1) is 10.2 Å². The molecule has 9 heteroatoms. The van der Waals surface area contributed by atoms with Gasteiger partial charge in [0.05, 0.1) is 6.54 Å². The molecule has 2 heterocycles. The predicted molar refractivity (Wildman–Crippen MR) is 102 cm³/mol. The van der Waals surface area contributed by atoms with Crippen molar-refractivity contribution in [3.8, 4) is 11.5 Å². The number of hydrogen-bond donors (Lipinski definition) is 0. The predicted octanol–water partition coefficient (Wildman–Crippen LogP) is 2.65. The number of aromatic nitrogens is 3. The number of thioether (sulfide) groups is 1. The largest absolute Gasteiger partial charge is 0.485 e. The van der Waals surface area contributed by atoms with E-state index in [9.17, 15) is 9.18 Å². The van der Waals surface area contributed by atoms with Gasteiger partial charge in [0.15, 0.2) is 12.4 Å². The first-order chi connectivity index (χ1) is 13.7. The average molecular weight is 400 g/mol. The maximum absolute atomic E-state index is 13.3. The maximum Gasteiger partial charge on any atom is 0.279 e. The summed E-state index contributed by atoms with van der Waals surface area (Å²) in [4.78, 5) is 12.7. The molecule has 1 aromatic heterocycles. The molecule has 1 amide bonds. The Labute approximate surface area is 165 Å². The third-order valence-electron chi connectivity index (χ3n) is 4.01. The molecule has 0 spiro atoms. The summed E-state index contributed by atoms with van der Waals surface area (Å²) in [5.74, 6) is 1.58. The van der Waals surface area contributed by atoms with E-state index in [0.29, 0.717) is 34.8 Å². The Hall–Kier alpha value is -3.07. The zero-order valence-corrected chi connectivity index (χ0v) is 15.6. The maximum atomic E-state index is 13.3. The van der Waals surface area contributed by atoms with Crippen molar-refractivity contribution in [2.24, 2.45) is 0 Å². The molecular formula is C19H17FN4O3S. The lowest BCUT2D eigenvalue weighted by molar-refractivity contribution is -0.122. The van der Waals surface area contributed by atoms with Gasteiger partial charge in [-0.3, -0.25) is 4.79 Å². The number of nitrogens with zero attached hydrogens (tertiary/aromatic N) is 4. The van der Waals surface area contributed by atoms with E-state index in [0.717, 1.165) is 0 Å². The average Bonchev–Trinajstić information content (AvgIpc) is 3.14. The van der Waals surface area contributed by atoms with Crippen LogP contribution in [0.3, 0.4) is 0 Å². The summed E-state index contributed by atoms with van der Waals surface area (Å²) in [5, 5.41) is 10.4. The zero-order valence-electron chi connectivity index (χ0n) is 14.8. The highest BCUT2D eigenvalue weighted by Crippen LogP contribution is 2.23. The van der Waals surface area contributed by atoms with E-state index in [4.69, 9.17) is 9.47 Å². The van der Waals surface area contributed by atoms with Gasteiger partial charge in [-0.2, -0.15) is 0 Å². The molecule has 144 valence electrons. The number of fused-ring (bicyclic) bond motifs is 1. The molecule has 3 aromatic rings. The first-order valence-corrected chi connectivity index (χ1v) is 9.63. The third kappa shape index (κ3) is 4.09. The molecule has 7 nitrogen and oxygen atoms in total. The van der Waals surface area contributed by atoms with Gasteiger partial charge in [0, 0.05) is 11.8 Å². The molecule has 0 saturated carbocycles.